The second kappa shape index (κ2) is 8.80. The van der Waals surface area contributed by atoms with Gasteiger partial charge in [-0.3, -0.25) is 14.9 Å². The molecule has 0 saturated heterocycles. The van der Waals surface area contributed by atoms with Gasteiger partial charge in [0.1, 0.15) is 11.0 Å². The number of carbonyl (C=O) groups excluding carboxylic acids is 2. The first-order valence-electron chi connectivity index (χ1n) is 8.83. The van der Waals surface area contributed by atoms with Gasteiger partial charge in [0.05, 0.1) is 0 Å². The molecular formula is C19H25ClN4O2S. The molecule has 8 heteroatoms. The normalized spacial score (nSPS) is 13.7. The summed E-state index contributed by atoms with van der Waals surface area (Å²) in [5, 5.41) is 15.4. The lowest BCUT2D eigenvalue weighted by Crippen LogP contribution is -2.50. The standard InChI is InChI=1S/C19H25ClN4O2S/c1-6-11(2)14(21-17(26)19(3,4)5)15(25)22-18-24-23-16(27-18)12-8-7-9-13(20)10-12/h7-11,14H,6H2,1-5H3,(H,21,26)(H,22,24,25)/t11-,14-/m1/s1. The fourth-order valence-electron chi connectivity index (χ4n) is 2.25. The molecule has 0 aliphatic rings. The molecule has 2 atom stereocenters. The van der Waals surface area contributed by atoms with E-state index in [1.165, 1.54) is 11.3 Å². The zero-order valence-corrected chi connectivity index (χ0v) is 17.7. The van der Waals surface area contributed by atoms with Crippen LogP contribution in [-0.2, 0) is 9.59 Å². The number of benzene rings is 1. The third kappa shape index (κ3) is 5.74. The summed E-state index contributed by atoms with van der Waals surface area (Å²) in [5.74, 6) is -0.479. The van der Waals surface area contributed by atoms with Crippen molar-refractivity contribution in [2.45, 2.75) is 47.1 Å². The number of nitrogens with one attached hydrogen (secondary N) is 2. The Morgan fingerprint density at radius 2 is 1.96 bits per heavy atom. The lowest BCUT2D eigenvalue weighted by atomic mass is 9.92. The topological polar surface area (TPSA) is 84.0 Å². The lowest BCUT2D eigenvalue weighted by molar-refractivity contribution is -0.132. The average molecular weight is 409 g/mol. The van der Waals surface area contributed by atoms with Gasteiger partial charge in [-0.2, -0.15) is 0 Å². The van der Waals surface area contributed by atoms with E-state index in [1.54, 1.807) is 12.1 Å². The van der Waals surface area contributed by atoms with E-state index >= 15 is 0 Å². The fraction of sp³-hybridized carbons (Fsp3) is 0.474. The van der Waals surface area contributed by atoms with Crippen molar-refractivity contribution in [2.24, 2.45) is 11.3 Å². The second-order valence-corrected chi connectivity index (χ2v) is 8.91. The van der Waals surface area contributed by atoms with E-state index in [2.05, 4.69) is 20.8 Å². The molecule has 0 unspecified atom stereocenters. The van der Waals surface area contributed by atoms with Crippen molar-refractivity contribution in [3.8, 4) is 10.6 Å². The lowest BCUT2D eigenvalue weighted by Gasteiger charge is -2.27. The first-order valence-corrected chi connectivity index (χ1v) is 10.0. The van der Waals surface area contributed by atoms with Gasteiger partial charge in [-0.15, -0.1) is 10.2 Å². The van der Waals surface area contributed by atoms with Crippen LogP contribution in [0.3, 0.4) is 0 Å². The largest absolute Gasteiger partial charge is 0.344 e. The highest BCUT2D eigenvalue weighted by atomic mass is 35.5. The molecule has 2 amide bonds. The summed E-state index contributed by atoms with van der Waals surface area (Å²) < 4.78 is 0. The number of nitrogens with zero attached hydrogens (tertiary/aromatic N) is 2. The van der Waals surface area contributed by atoms with Gasteiger partial charge in [-0.05, 0) is 18.1 Å². The molecule has 0 aliphatic carbocycles. The minimum atomic E-state index is -0.639. The van der Waals surface area contributed by atoms with E-state index < -0.39 is 11.5 Å². The Kier molecular flexibility index (Phi) is 6.95. The Hall–Kier alpha value is -1.99. The number of hydrogen-bond acceptors (Lipinski definition) is 5. The first kappa shape index (κ1) is 21.3. The van der Waals surface area contributed by atoms with Crippen molar-refractivity contribution < 1.29 is 9.59 Å². The summed E-state index contributed by atoms with van der Waals surface area (Å²) in [5.41, 5.74) is 0.258. The predicted octanol–water partition coefficient (Wildman–Crippen LogP) is 4.37. The maximum atomic E-state index is 12.8. The number of carbonyl (C=O) groups is 2. The van der Waals surface area contributed by atoms with Crippen LogP contribution in [-0.4, -0.2) is 28.1 Å². The van der Waals surface area contributed by atoms with Crippen LogP contribution in [0.4, 0.5) is 5.13 Å². The van der Waals surface area contributed by atoms with Crippen molar-refractivity contribution >= 4 is 39.9 Å². The minimum absolute atomic E-state index is 0.0170. The molecule has 0 radical (unpaired) electrons. The minimum Gasteiger partial charge on any atom is -0.344 e. The highest BCUT2D eigenvalue weighted by Gasteiger charge is 2.31. The monoisotopic (exact) mass is 408 g/mol. The zero-order valence-electron chi connectivity index (χ0n) is 16.2. The van der Waals surface area contributed by atoms with E-state index in [0.717, 1.165) is 12.0 Å². The number of amides is 2. The van der Waals surface area contributed by atoms with Gasteiger partial charge in [0, 0.05) is 16.0 Å². The molecule has 0 spiro atoms. The quantitative estimate of drug-likeness (QED) is 0.743. The summed E-state index contributed by atoms with van der Waals surface area (Å²) in [7, 11) is 0. The van der Waals surface area contributed by atoms with Crippen LogP contribution in [0, 0.1) is 11.3 Å². The first-order chi connectivity index (χ1) is 12.6. The smallest absolute Gasteiger partial charge is 0.249 e. The van der Waals surface area contributed by atoms with Crippen molar-refractivity contribution in [2.75, 3.05) is 5.32 Å². The molecular weight excluding hydrogens is 384 g/mol. The number of halogens is 1. The van der Waals surface area contributed by atoms with Crippen LogP contribution in [0.25, 0.3) is 10.6 Å². The van der Waals surface area contributed by atoms with Crippen molar-refractivity contribution in [3.63, 3.8) is 0 Å². The Labute approximate surface area is 168 Å². The van der Waals surface area contributed by atoms with Gasteiger partial charge in [-0.1, -0.05) is 76.1 Å². The van der Waals surface area contributed by atoms with Crippen molar-refractivity contribution in [1.29, 1.82) is 0 Å². The van der Waals surface area contributed by atoms with E-state index in [9.17, 15) is 9.59 Å². The molecule has 2 N–H and O–H groups in total. The molecule has 6 nitrogen and oxygen atoms in total. The van der Waals surface area contributed by atoms with E-state index in [4.69, 9.17) is 11.6 Å². The maximum Gasteiger partial charge on any atom is 0.249 e. The van der Waals surface area contributed by atoms with Gasteiger partial charge < -0.3 is 5.32 Å². The molecule has 146 valence electrons. The van der Waals surface area contributed by atoms with Gasteiger partial charge in [0.25, 0.3) is 0 Å². The van der Waals surface area contributed by atoms with E-state index in [0.29, 0.717) is 15.2 Å². The molecule has 0 bridgehead atoms. The number of hydrogen-bond donors (Lipinski definition) is 2. The van der Waals surface area contributed by atoms with Crippen molar-refractivity contribution in [1.82, 2.24) is 15.5 Å². The molecule has 27 heavy (non-hydrogen) atoms. The molecule has 1 aromatic carbocycles. The summed E-state index contributed by atoms with van der Waals surface area (Å²) in [4.78, 5) is 25.1. The highest BCUT2D eigenvalue weighted by Crippen LogP contribution is 2.28. The van der Waals surface area contributed by atoms with Gasteiger partial charge in [-0.25, -0.2) is 0 Å². The number of aromatic nitrogens is 2. The molecule has 0 fully saturated rings. The summed E-state index contributed by atoms with van der Waals surface area (Å²) in [6.45, 7) is 9.36. The molecule has 1 heterocycles. The van der Waals surface area contributed by atoms with E-state index in [1.807, 2.05) is 46.8 Å². The fourth-order valence-corrected chi connectivity index (χ4v) is 3.19. The van der Waals surface area contributed by atoms with Crippen molar-refractivity contribution in [3.05, 3.63) is 29.3 Å². The summed E-state index contributed by atoms with van der Waals surface area (Å²) in [6, 6.07) is 6.64. The average Bonchev–Trinajstić information content (AvgIpc) is 3.06. The highest BCUT2D eigenvalue weighted by molar-refractivity contribution is 7.18. The van der Waals surface area contributed by atoms with Gasteiger partial charge in [0.2, 0.25) is 16.9 Å². The third-order valence-electron chi connectivity index (χ3n) is 4.19. The second-order valence-electron chi connectivity index (χ2n) is 7.50. The third-order valence-corrected chi connectivity index (χ3v) is 5.31. The van der Waals surface area contributed by atoms with E-state index in [-0.39, 0.29) is 17.7 Å². The Bertz CT molecular complexity index is 816. The predicted molar refractivity (Wildman–Crippen MR) is 110 cm³/mol. The Balaban J connectivity index is 2.14. The van der Waals surface area contributed by atoms with Gasteiger partial charge >= 0.3 is 0 Å². The Morgan fingerprint density at radius 1 is 1.26 bits per heavy atom. The number of anilines is 1. The van der Waals surface area contributed by atoms with Crippen LogP contribution in [0.1, 0.15) is 41.0 Å². The molecule has 1 aromatic heterocycles. The zero-order chi connectivity index (χ0) is 20.2. The molecule has 2 rings (SSSR count). The van der Waals surface area contributed by atoms with Gasteiger partial charge in [0.15, 0.2) is 0 Å². The summed E-state index contributed by atoms with van der Waals surface area (Å²) >= 11 is 7.27. The molecule has 0 saturated carbocycles. The van der Waals surface area contributed by atoms with Crippen LogP contribution < -0.4 is 10.6 Å². The van der Waals surface area contributed by atoms with Crippen LogP contribution in [0.5, 0.6) is 0 Å². The number of rotatable bonds is 6. The SMILES string of the molecule is CC[C@@H](C)[C@@H](NC(=O)C(C)(C)C)C(=O)Nc1nnc(-c2cccc(Cl)c2)s1. The van der Waals surface area contributed by atoms with Crippen LogP contribution >= 0.6 is 22.9 Å². The van der Waals surface area contributed by atoms with Crippen LogP contribution in [0.2, 0.25) is 5.02 Å². The Morgan fingerprint density at radius 3 is 2.56 bits per heavy atom. The molecule has 2 aromatic rings. The molecule has 0 aliphatic heterocycles. The van der Waals surface area contributed by atoms with Crippen LogP contribution in [0.15, 0.2) is 24.3 Å². The summed E-state index contributed by atoms with van der Waals surface area (Å²) in [6.07, 6.45) is 0.756. The maximum absolute atomic E-state index is 12.8.